The van der Waals surface area contributed by atoms with Crippen LogP contribution in [-0.4, -0.2) is 53.7 Å². The van der Waals surface area contributed by atoms with E-state index in [9.17, 15) is 9.18 Å². The summed E-state index contributed by atoms with van der Waals surface area (Å²) in [7, 11) is 1.68. The Balaban J connectivity index is 1.44. The second-order valence-corrected chi connectivity index (χ2v) is 8.62. The fourth-order valence-electron chi connectivity index (χ4n) is 4.71. The smallest absolute Gasteiger partial charge is 0.257 e. The molecule has 9 heteroatoms. The number of hydrogen-bond acceptors (Lipinski definition) is 6. The molecule has 4 N–H and O–H groups in total. The van der Waals surface area contributed by atoms with Gasteiger partial charge in [0.2, 0.25) is 0 Å². The summed E-state index contributed by atoms with van der Waals surface area (Å²) in [6, 6.07) is 4.90. The number of halogens is 1. The molecule has 3 aromatic rings. The predicted molar refractivity (Wildman–Crippen MR) is 124 cm³/mol. The summed E-state index contributed by atoms with van der Waals surface area (Å²) in [6.45, 7) is 4.68. The molecular formula is C23H26FN7O. The third-order valence-electron chi connectivity index (χ3n) is 6.45. The van der Waals surface area contributed by atoms with Crippen LogP contribution in [0.3, 0.4) is 0 Å². The number of pyridine rings is 1. The van der Waals surface area contributed by atoms with Gasteiger partial charge < -0.3 is 25.7 Å². The van der Waals surface area contributed by atoms with Gasteiger partial charge in [0.05, 0.1) is 22.6 Å². The van der Waals surface area contributed by atoms with Gasteiger partial charge in [-0.05, 0) is 38.4 Å². The van der Waals surface area contributed by atoms with Crippen molar-refractivity contribution in [2.75, 3.05) is 42.6 Å². The molecule has 2 aliphatic heterocycles. The number of amides is 1. The van der Waals surface area contributed by atoms with Gasteiger partial charge >= 0.3 is 0 Å². The highest BCUT2D eigenvalue weighted by atomic mass is 19.1. The van der Waals surface area contributed by atoms with Gasteiger partial charge in [-0.25, -0.2) is 9.37 Å². The van der Waals surface area contributed by atoms with Gasteiger partial charge in [-0.15, -0.1) is 0 Å². The number of aryl methyl sites for hydroxylation is 1. The normalized spacial score (nSPS) is 20.4. The lowest BCUT2D eigenvalue weighted by Gasteiger charge is -2.40. The Bertz CT molecular complexity index is 1240. The maximum absolute atomic E-state index is 14.4. The van der Waals surface area contributed by atoms with Crippen molar-refractivity contribution in [3.8, 4) is 0 Å². The zero-order valence-corrected chi connectivity index (χ0v) is 18.2. The number of nitrogens with one attached hydrogen (secondary N) is 2. The van der Waals surface area contributed by atoms with Gasteiger partial charge in [0.25, 0.3) is 5.91 Å². The third-order valence-corrected chi connectivity index (χ3v) is 6.45. The topological polar surface area (TPSA) is 100 Å². The summed E-state index contributed by atoms with van der Waals surface area (Å²) in [5, 5.41) is 6.31. The van der Waals surface area contributed by atoms with Crippen LogP contribution in [0.2, 0.25) is 0 Å². The molecular weight excluding hydrogens is 409 g/mol. The lowest BCUT2D eigenvalue weighted by molar-refractivity contribution is 0.102. The van der Waals surface area contributed by atoms with E-state index in [-0.39, 0.29) is 11.2 Å². The number of nitrogen functional groups attached to an aromatic ring is 1. The van der Waals surface area contributed by atoms with E-state index in [4.69, 9.17) is 5.73 Å². The summed E-state index contributed by atoms with van der Waals surface area (Å²) in [5.41, 5.74) is 10.2. The number of carbonyl (C=O) groups excluding carboxylic acids is 1. The average molecular weight is 436 g/mol. The Labute approximate surface area is 185 Å². The molecule has 4 heterocycles. The minimum Gasteiger partial charge on any atom is -0.397 e. The predicted octanol–water partition coefficient (Wildman–Crippen LogP) is 2.61. The van der Waals surface area contributed by atoms with E-state index in [1.807, 2.05) is 6.07 Å². The number of fused-ring (bicyclic) bond motifs is 1. The average Bonchev–Trinajstić information content (AvgIpc) is 3.33. The first-order chi connectivity index (χ1) is 15.4. The number of nitrogens with two attached hydrogens (primary N) is 1. The van der Waals surface area contributed by atoms with E-state index in [1.165, 1.54) is 12.5 Å². The van der Waals surface area contributed by atoms with E-state index in [1.54, 1.807) is 43.0 Å². The van der Waals surface area contributed by atoms with E-state index < -0.39 is 11.7 Å². The monoisotopic (exact) mass is 435 g/mol. The maximum atomic E-state index is 14.4. The number of hydrogen-bond donors (Lipinski definition) is 3. The van der Waals surface area contributed by atoms with Crippen molar-refractivity contribution in [3.05, 3.63) is 53.2 Å². The van der Waals surface area contributed by atoms with Gasteiger partial charge in [0.1, 0.15) is 0 Å². The number of anilines is 3. The minimum absolute atomic E-state index is 0.194. The van der Waals surface area contributed by atoms with Crippen LogP contribution < -0.4 is 21.3 Å². The van der Waals surface area contributed by atoms with Gasteiger partial charge in [-0.3, -0.25) is 9.79 Å². The highest BCUT2D eigenvalue weighted by molar-refractivity contribution is 6.11. The van der Waals surface area contributed by atoms with Gasteiger partial charge in [-0.1, -0.05) is 0 Å². The molecule has 2 saturated heterocycles. The van der Waals surface area contributed by atoms with Crippen LogP contribution in [0.15, 0.2) is 35.6 Å². The third kappa shape index (κ3) is 3.38. The molecule has 8 nitrogen and oxygen atoms in total. The van der Waals surface area contributed by atoms with Crippen molar-refractivity contribution in [1.82, 2.24) is 14.7 Å². The molecule has 166 valence electrons. The summed E-state index contributed by atoms with van der Waals surface area (Å²) in [4.78, 5) is 23.6. The fraction of sp³-hybridized carbons (Fsp3) is 0.348. The highest BCUT2D eigenvalue weighted by Crippen LogP contribution is 2.36. The van der Waals surface area contributed by atoms with E-state index in [2.05, 4.69) is 25.5 Å². The zero-order valence-electron chi connectivity index (χ0n) is 18.2. The lowest BCUT2D eigenvalue weighted by Crippen LogP contribution is -2.58. The molecule has 2 aliphatic rings. The first-order valence-corrected chi connectivity index (χ1v) is 10.7. The van der Waals surface area contributed by atoms with Crippen LogP contribution in [0.1, 0.15) is 34.5 Å². The number of imidazole rings is 1. The molecule has 1 aromatic carbocycles. The van der Waals surface area contributed by atoms with Crippen LogP contribution >= 0.6 is 0 Å². The Morgan fingerprint density at radius 1 is 1.38 bits per heavy atom. The first kappa shape index (κ1) is 20.4. The molecule has 2 aromatic heterocycles. The molecule has 0 saturated carbocycles. The van der Waals surface area contributed by atoms with Crippen LogP contribution in [0.25, 0.3) is 5.65 Å². The van der Waals surface area contributed by atoms with Crippen molar-refractivity contribution in [3.63, 3.8) is 0 Å². The van der Waals surface area contributed by atoms with Crippen LogP contribution in [0.5, 0.6) is 0 Å². The summed E-state index contributed by atoms with van der Waals surface area (Å²) in [5.74, 6) is -0.917. The number of aliphatic imine (C=N–C) groups is 1. The molecule has 1 unspecified atom stereocenters. The summed E-state index contributed by atoms with van der Waals surface area (Å²) >= 11 is 0. The molecule has 5 rings (SSSR count). The van der Waals surface area contributed by atoms with Crippen LogP contribution in [0.4, 0.5) is 21.5 Å². The second-order valence-electron chi connectivity index (χ2n) is 8.62. The zero-order chi connectivity index (χ0) is 22.5. The van der Waals surface area contributed by atoms with Crippen molar-refractivity contribution < 1.29 is 9.18 Å². The first-order valence-electron chi connectivity index (χ1n) is 10.7. The highest BCUT2D eigenvalue weighted by Gasteiger charge is 2.43. The summed E-state index contributed by atoms with van der Waals surface area (Å²) in [6.07, 6.45) is 7.28. The lowest BCUT2D eigenvalue weighted by atomic mass is 9.87. The number of carbonyl (C=O) groups is 1. The molecule has 0 radical (unpaired) electrons. The molecule has 1 spiro atoms. The SMILES string of the molecule is CN=Cc1c(N2CCC3(CCN3)C2)ccc(C(=O)Nc2cc(F)c3nc(C)cn3c2)c1N. The van der Waals surface area contributed by atoms with Gasteiger partial charge in [0.15, 0.2) is 11.5 Å². The van der Waals surface area contributed by atoms with Crippen molar-refractivity contribution in [2.45, 2.75) is 25.3 Å². The molecule has 1 atom stereocenters. The molecule has 2 fully saturated rings. The molecule has 1 amide bonds. The number of benzene rings is 1. The Hall–Kier alpha value is -3.46. The fourth-order valence-corrected chi connectivity index (χ4v) is 4.71. The van der Waals surface area contributed by atoms with Gasteiger partial charge in [0, 0.05) is 61.6 Å². The van der Waals surface area contributed by atoms with E-state index in [0.717, 1.165) is 37.3 Å². The van der Waals surface area contributed by atoms with E-state index >= 15 is 0 Å². The minimum atomic E-state index is -0.509. The van der Waals surface area contributed by atoms with Crippen molar-refractivity contribution in [1.29, 1.82) is 0 Å². The maximum Gasteiger partial charge on any atom is 0.257 e. The summed E-state index contributed by atoms with van der Waals surface area (Å²) < 4.78 is 15.9. The Morgan fingerprint density at radius 2 is 2.19 bits per heavy atom. The number of nitrogens with zero attached hydrogens (tertiary/aromatic N) is 4. The Kier molecular flexibility index (Phi) is 4.85. The van der Waals surface area contributed by atoms with Gasteiger partial charge in [-0.2, -0.15) is 0 Å². The second kappa shape index (κ2) is 7.59. The van der Waals surface area contributed by atoms with E-state index in [0.29, 0.717) is 22.6 Å². The molecule has 0 bridgehead atoms. The Morgan fingerprint density at radius 3 is 2.88 bits per heavy atom. The molecule has 32 heavy (non-hydrogen) atoms. The van der Waals surface area contributed by atoms with Crippen LogP contribution in [0, 0.1) is 12.7 Å². The number of rotatable bonds is 4. The largest absolute Gasteiger partial charge is 0.397 e. The standard InChI is InChI=1S/C23H26FN7O/c1-14-11-31-12-15(9-18(24)21(31)28-14)29-22(32)16-3-4-19(17(10-26-2)20(16)25)30-8-6-23(13-30)5-7-27-23/h3-4,9-12,27H,5-8,13,25H2,1-2H3,(H,29,32). The van der Waals surface area contributed by atoms with Crippen molar-refractivity contribution >= 4 is 34.8 Å². The quantitative estimate of drug-likeness (QED) is 0.432. The van der Waals surface area contributed by atoms with Crippen LogP contribution in [-0.2, 0) is 0 Å². The van der Waals surface area contributed by atoms with Crippen molar-refractivity contribution in [2.24, 2.45) is 4.99 Å². The number of aromatic nitrogens is 2. The molecule has 0 aliphatic carbocycles.